The summed E-state index contributed by atoms with van der Waals surface area (Å²) in [6.07, 6.45) is 1.58. The summed E-state index contributed by atoms with van der Waals surface area (Å²) < 4.78 is 28.0. The van der Waals surface area contributed by atoms with Gasteiger partial charge >= 0.3 is 0 Å². The standard InChI is InChI=1S/C25H23ClN6O4S/c26-19-7-5-18-12-20(8-6-17(18)11-19)37(35,36)31-9-10-32(22(14-31)23(27)33)24(34)16-3-1-15(2-4-16)21-13-29-25(28)30-21/h1-8,11-13,22H,9-10,14H2,(H2,27,33)(H3,28,29,30). The van der Waals surface area contributed by atoms with Crippen LogP contribution in [0.4, 0.5) is 5.95 Å². The number of piperazine rings is 1. The minimum Gasteiger partial charge on any atom is -0.369 e. The van der Waals surface area contributed by atoms with Crippen molar-refractivity contribution < 1.29 is 18.0 Å². The zero-order chi connectivity index (χ0) is 26.3. The molecule has 10 nitrogen and oxygen atoms in total. The Morgan fingerprint density at radius 2 is 1.70 bits per heavy atom. The van der Waals surface area contributed by atoms with Gasteiger partial charge in [0, 0.05) is 30.2 Å². The molecule has 1 aliphatic heterocycles. The van der Waals surface area contributed by atoms with Gasteiger partial charge in [-0.15, -0.1) is 0 Å². The van der Waals surface area contributed by atoms with E-state index in [-0.39, 0.29) is 30.5 Å². The van der Waals surface area contributed by atoms with Crippen LogP contribution in [0.15, 0.2) is 71.8 Å². The summed E-state index contributed by atoms with van der Waals surface area (Å²) in [4.78, 5) is 33.9. The second kappa shape index (κ2) is 9.51. The third-order valence-electron chi connectivity index (χ3n) is 6.38. The lowest BCUT2D eigenvalue weighted by Gasteiger charge is -2.39. The number of sulfonamides is 1. The first-order valence-electron chi connectivity index (χ1n) is 11.3. The maximum Gasteiger partial charge on any atom is 0.254 e. The molecule has 4 aromatic rings. The average Bonchev–Trinajstić information content (AvgIpc) is 3.33. The van der Waals surface area contributed by atoms with Gasteiger partial charge in [0.05, 0.1) is 16.8 Å². The number of rotatable bonds is 5. The lowest BCUT2D eigenvalue weighted by molar-refractivity contribution is -0.123. The number of fused-ring (bicyclic) bond motifs is 1. The number of hydrogen-bond acceptors (Lipinski definition) is 6. The van der Waals surface area contributed by atoms with E-state index in [4.69, 9.17) is 23.1 Å². The molecular formula is C25H23ClN6O4S. The number of aromatic amines is 1. The highest BCUT2D eigenvalue weighted by atomic mass is 35.5. The number of hydrogen-bond donors (Lipinski definition) is 3. The smallest absolute Gasteiger partial charge is 0.254 e. The quantitative estimate of drug-likeness (QED) is 0.354. The summed E-state index contributed by atoms with van der Waals surface area (Å²) in [5.41, 5.74) is 13.1. The number of imidazole rings is 1. The summed E-state index contributed by atoms with van der Waals surface area (Å²) in [5, 5.41) is 2.07. The molecule has 2 amide bonds. The number of nitrogens with zero attached hydrogens (tertiary/aromatic N) is 3. The Labute approximate surface area is 217 Å². The maximum absolute atomic E-state index is 13.4. The first-order chi connectivity index (χ1) is 17.6. The van der Waals surface area contributed by atoms with E-state index in [0.717, 1.165) is 10.9 Å². The molecule has 1 saturated heterocycles. The molecule has 0 spiro atoms. The predicted octanol–water partition coefficient (Wildman–Crippen LogP) is 2.47. The van der Waals surface area contributed by atoms with E-state index in [1.807, 2.05) is 0 Å². The fourth-order valence-electron chi connectivity index (χ4n) is 4.41. The highest BCUT2D eigenvalue weighted by Crippen LogP contribution is 2.27. The van der Waals surface area contributed by atoms with Crippen molar-refractivity contribution in [3.05, 3.63) is 77.4 Å². The summed E-state index contributed by atoms with van der Waals surface area (Å²) in [5.74, 6) is -0.926. The molecule has 2 heterocycles. The lowest BCUT2D eigenvalue weighted by Crippen LogP contribution is -2.60. The number of primary amides is 1. The first kappa shape index (κ1) is 24.8. The number of carbonyl (C=O) groups is 2. The van der Waals surface area contributed by atoms with Gasteiger partial charge in [0.1, 0.15) is 6.04 Å². The largest absolute Gasteiger partial charge is 0.369 e. The van der Waals surface area contributed by atoms with Gasteiger partial charge < -0.3 is 21.4 Å². The molecule has 1 aliphatic rings. The third-order valence-corrected chi connectivity index (χ3v) is 8.48. The van der Waals surface area contributed by atoms with Crippen LogP contribution in [0.3, 0.4) is 0 Å². The number of nitrogens with one attached hydrogen (secondary N) is 1. The normalized spacial score (nSPS) is 16.7. The monoisotopic (exact) mass is 538 g/mol. The number of amides is 2. The van der Waals surface area contributed by atoms with Gasteiger partial charge in [0.25, 0.3) is 5.91 Å². The number of anilines is 1. The molecule has 12 heteroatoms. The van der Waals surface area contributed by atoms with Gasteiger partial charge in [-0.1, -0.05) is 35.9 Å². The number of nitrogen functional groups attached to an aromatic ring is 1. The summed E-state index contributed by atoms with van der Waals surface area (Å²) in [6.45, 7) is -0.219. The molecule has 1 fully saturated rings. The van der Waals surface area contributed by atoms with Crippen molar-refractivity contribution >= 4 is 50.2 Å². The van der Waals surface area contributed by atoms with Crippen LogP contribution in [0, 0.1) is 0 Å². The number of carbonyl (C=O) groups excluding carboxylic acids is 2. The molecule has 1 aromatic heterocycles. The first-order valence-corrected chi connectivity index (χ1v) is 13.2. The molecular weight excluding hydrogens is 516 g/mol. The Balaban J connectivity index is 1.36. The molecule has 0 aliphatic carbocycles. The summed E-state index contributed by atoms with van der Waals surface area (Å²) in [6, 6.07) is 15.5. The van der Waals surface area contributed by atoms with Crippen molar-refractivity contribution in [2.24, 2.45) is 5.73 Å². The Bertz CT molecular complexity index is 1620. The van der Waals surface area contributed by atoms with Crippen LogP contribution in [-0.2, 0) is 14.8 Å². The third kappa shape index (κ3) is 4.76. The number of nitrogens with two attached hydrogens (primary N) is 2. The van der Waals surface area contributed by atoms with Crippen LogP contribution >= 0.6 is 11.6 Å². The molecule has 5 rings (SSSR count). The molecule has 3 aromatic carbocycles. The van der Waals surface area contributed by atoms with Gasteiger partial charge in [-0.25, -0.2) is 13.4 Å². The van der Waals surface area contributed by atoms with Crippen molar-refractivity contribution in [3.8, 4) is 11.3 Å². The fourth-order valence-corrected chi connectivity index (χ4v) is 6.06. The van der Waals surface area contributed by atoms with Gasteiger partial charge in [-0.2, -0.15) is 4.31 Å². The van der Waals surface area contributed by atoms with Crippen LogP contribution in [0.25, 0.3) is 22.0 Å². The van der Waals surface area contributed by atoms with Crippen molar-refractivity contribution in [2.75, 3.05) is 25.4 Å². The van der Waals surface area contributed by atoms with E-state index in [9.17, 15) is 18.0 Å². The number of halogens is 1. The summed E-state index contributed by atoms with van der Waals surface area (Å²) in [7, 11) is -3.94. The number of aromatic nitrogens is 2. The number of benzene rings is 3. The second-order valence-corrected chi connectivity index (χ2v) is 11.1. The lowest BCUT2D eigenvalue weighted by atomic mass is 10.1. The van der Waals surface area contributed by atoms with Crippen LogP contribution in [0.2, 0.25) is 5.02 Å². The van der Waals surface area contributed by atoms with Crippen molar-refractivity contribution in [3.63, 3.8) is 0 Å². The molecule has 0 bridgehead atoms. The highest BCUT2D eigenvalue weighted by molar-refractivity contribution is 7.89. The van der Waals surface area contributed by atoms with Crippen molar-refractivity contribution in [1.82, 2.24) is 19.2 Å². The zero-order valence-electron chi connectivity index (χ0n) is 19.5. The minimum atomic E-state index is -3.94. The van der Waals surface area contributed by atoms with Crippen LogP contribution < -0.4 is 11.5 Å². The molecule has 0 radical (unpaired) electrons. The molecule has 1 atom stereocenters. The van der Waals surface area contributed by atoms with E-state index < -0.39 is 27.9 Å². The molecule has 190 valence electrons. The van der Waals surface area contributed by atoms with E-state index in [0.29, 0.717) is 21.7 Å². The topological polar surface area (TPSA) is 155 Å². The Hall–Kier alpha value is -3.93. The molecule has 0 saturated carbocycles. The van der Waals surface area contributed by atoms with Gasteiger partial charge in [-0.05, 0) is 52.7 Å². The van der Waals surface area contributed by atoms with Crippen molar-refractivity contribution in [1.29, 1.82) is 0 Å². The number of H-pyrrole nitrogens is 1. The molecule has 5 N–H and O–H groups in total. The van der Waals surface area contributed by atoms with Crippen LogP contribution in [0.1, 0.15) is 10.4 Å². The Kier molecular flexibility index (Phi) is 6.36. The van der Waals surface area contributed by atoms with E-state index in [1.165, 1.54) is 15.3 Å². The Morgan fingerprint density at radius 1 is 1.00 bits per heavy atom. The van der Waals surface area contributed by atoms with E-state index >= 15 is 0 Å². The molecule has 1 unspecified atom stereocenters. The summed E-state index contributed by atoms with van der Waals surface area (Å²) >= 11 is 6.02. The predicted molar refractivity (Wildman–Crippen MR) is 140 cm³/mol. The highest BCUT2D eigenvalue weighted by Gasteiger charge is 2.39. The van der Waals surface area contributed by atoms with Crippen LogP contribution in [-0.4, -0.2) is 65.1 Å². The van der Waals surface area contributed by atoms with Gasteiger partial charge in [-0.3, -0.25) is 9.59 Å². The SMILES string of the molecule is NC(=O)C1CN(S(=O)(=O)c2ccc3cc(Cl)ccc3c2)CCN1C(=O)c1ccc(-c2cnc(N)[nH]2)cc1. The van der Waals surface area contributed by atoms with Gasteiger partial charge in [0.2, 0.25) is 15.9 Å². The van der Waals surface area contributed by atoms with Crippen molar-refractivity contribution in [2.45, 2.75) is 10.9 Å². The maximum atomic E-state index is 13.4. The zero-order valence-corrected chi connectivity index (χ0v) is 21.0. The van der Waals surface area contributed by atoms with E-state index in [1.54, 1.807) is 60.8 Å². The minimum absolute atomic E-state index is 0.00763. The van der Waals surface area contributed by atoms with E-state index in [2.05, 4.69) is 9.97 Å². The Morgan fingerprint density at radius 3 is 2.38 bits per heavy atom. The second-order valence-electron chi connectivity index (χ2n) is 8.69. The average molecular weight is 539 g/mol. The fraction of sp³-hybridized carbons (Fsp3) is 0.160. The van der Waals surface area contributed by atoms with Gasteiger partial charge in [0.15, 0.2) is 5.95 Å². The van der Waals surface area contributed by atoms with Crippen LogP contribution in [0.5, 0.6) is 0 Å². The molecule has 37 heavy (non-hydrogen) atoms.